The van der Waals surface area contributed by atoms with Gasteiger partial charge in [0.15, 0.2) is 0 Å². The van der Waals surface area contributed by atoms with Crippen LogP contribution in [0.3, 0.4) is 0 Å². The molecule has 0 aliphatic carbocycles. The molecule has 4 heteroatoms. The number of allylic oxidation sites excluding steroid dienone is 4. The Hall–Kier alpha value is -1.75. The van der Waals surface area contributed by atoms with Gasteiger partial charge in [0.1, 0.15) is 0 Å². The summed E-state index contributed by atoms with van der Waals surface area (Å²) in [5.41, 5.74) is 6.26. The van der Waals surface area contributed by atoms with Gasteiger partial charge >= 0.3 is 0 Å². The van der Waals surface area contributed by atoms with E-state index in [-0.39, 0.29) is 18.8 Å². The number of hydrogen-bond donors (Lipinski definition) is 2. The maximum atomic E-state index is 10.5. The van der Waals surface area contributed by atoms with Crippen molar-refractivity contribution in [2.24, 2.45) is 10.9 Å². The highest BCUT2D eigenvalue weighted by atomic mass is 16.5. The lowest BCUT2D eigenvalue weighted by Gasteiger charge is -2.18. The average Bonchev–Trinajstić information content (AvgIpc) is 3.16. The second kappa shape index (κ2) is 13.1. The highest BCUT2D eigenvalue weighted by Crippen LogP contribution is 2.33. The summed E-state index contributed by atoms with van der Waals surface area (Å²) in [6, 6.07) is 0. The molecule has 0 aromatic rings. The fraction of sp³-hybridized carbons (Fsp3) is 0.607. The van der Waals surface area contributed by atoms with E-state index in [0.29, 0.717) is 17.9 Å². The van der Waals surface area contributed by atoms with E-state index in [9.17, 15) is 5.11 Å². The van der Waals surface area contributed by atoms with Crippen molar-refractivity contribution in [3.05, 3.63) is 59.3 Å². The second-order valence-corrected chi connectivity index (χ2v) is 9.53. The smallest absolute Gasteiger partial charge is 0.0812 e. The second-order valence-electron chi connectivity index (χ2n) is 9.53. The number of ether oxygens (including phenoxy) is 1. The SMILES string of the molecule is C=C1CCCN=C1CC/C=C(\C)[C@@H]1O[C@H](CC[C@H](O)/C(C)=C/C=C(\C)C(=C)CO)C[C@H]1C. The normalized spacial score (nSPS) is 26.3. The summed E-state index contributed by atoms with van der Waals surface area (Å²) in [5, 5.41) is 19.7. The Morgan fingerprint density at radius 1 is 1.28 bits per heavy atom. The largest absolute Gasteiger partial charge is 0.392 e. The van der Waals surface area contributed by atoms with Crippen molar-refractivity contribution in [2.45, 2.75) is 91.0 Å². The summed E-state index contributed by atoms with van der Waals surface area (Å²) in [5.74, 6) is 0.488. The molecule has 178 valence electrons. The highest BCUT2D eigenvalue weighted by molar-refractivity contribution is 6.00. The van der Waals surface area contributed by atoms with E-state index in [1.807, 2.05) is 26.0 Å². The third-order valence-corrected chi connectivity index (χ3v) is 6.77. The van der Waals surface area contributed by atoms with Crippen LogP contribution in [0.15, 0.2) is 64.2 Å². The van der Waals surface area contributed by atoms with E-state index in [4.69, 9.17) is 9.84 Å². The van der Waals surface area contributed by atoms with Crippen molar-refractivity contribution < 1.29 is 14.9 Å². The lowest BCUT2D eigenvalue weighted by Crippen LogP contribution is -2.17. The first kappa shape index (κ1) is 26.5. The third-order valence-electron chi connectivity index (χ3n) is 6.77. The Labute approximate surface area is 195 Å². The van der Waals surface area contributed by atoms with Gasteiger partial charge in [-0.3, -0.25) is 4.99 Å². The Balaban J connectivity index is 1.81. The number of aliphatic hydroxyl groups is 2. The van der Waals surface area contributed by atoms with Gasteiger partial charge in [-0.2, -0.15) is 0 Å². The van der Waals surface area contributed by atoms with Crippen molar-refractivity contribution in [3.63, 3.8) is 0 Å². The van der Waals surface area contributed by atoms with Crippen molar-refractivity contribution in [2.75, 3.05) is 13.2 Å². The van der Waals surface area contributed by atoms with E-state index < -0.39 is 6.10 Å². The number of aliphatic imine (C=N–C) groups is 1. The molecule has 4 nitrogen and oxygen atoms in total. The van der Waals surface area contributed by atoms with Crippen LogP contribution in [0.5, 0.6) is 0 Å². The quantitative estimate of drug-likeness (QED) is 0.311. The fourth-order valence-electron chi connectivity index (χ4n) is 4.43. The van der Waals surface area contributed by atoms with Gasteiger partial charge in [-0.05, 0) is 99.5 Å². The highest BCUT2D eigenvalue weighted by Gasteiger charge is 2.33. The lowest BCUT2D eigenvalue weighted by atomic mass is 9.93. The molecule has 0 amide bonds. The number of hydrogen-bond acceptors (Lipinski definition) is 4. The molecule has 4 atom stereocenters. The van der Waals surface area contributed by atoms with Gasteiger partial charge in [-0.1, -0.05) is 38.3 Å². The van der Waals surface area contributed by atoms with Crippen LogP contribution in [0.2, 0.25) is 0 Å². The van der Waals surface area contributed by atoms with Gasteiger partial charge in [0.25, 0.3) is 0 Å². The van der Waals surface area contributed by atoms with Crippen LogP contribution in [-0.2, 0) is 4.74 Å². The predicted molar refractivity (Wildman–Crippen MR) is 135 cm³/mol. The molecule has 2 rings (SSSR count). The first-order valence-corrected chi connectivity index (χ1v) is 12.1. The Morgan fingerprint density at radius 3 is 2.72 bits per heavy atom. The molecule has 0 radical (unpaired) electrons. The molecule has 0 spiro atoms. The Kier molecular flexibility index (Phi) is 10.8. The van der Waals surface area contributed by atoms with Crippen molar-refractivity contribution in [3.8, 4) is 0 Å². The topological polar surface area (TPSA) is 62.0 Å². The third kappa shape index (κ3) is 7.99. The lowest BCUT2D eigenvalue weighted by molar-refractivity contribution is 0.0444. The molecule has 1 fully saturated rings. The minimum Gasteiger partial charge on any atom is -0.392 e. The molecule has 2 heterocycles. The molecule has 0 aromatic carbocycles. The molecule has 2 aliphatic heterocycles. The molecule has 0 saturated carbocycles. The summed E-state index contributed by atoms with van der Waals surface area (Å²) in [7, 11) is 0. The summed E-state index contributed by atoms with van der Waals surface area (Å²) in [6.45, 7) is 17.2. The number of nitrogens with zero attached hydrogens (tertiary/aromatic N) is 1. The monoisotopic (exact) mass is 441 g/mol. The summed E-state index contributed by atoms with van der Waals surface area (Å²) in [6.07, 6.45) is 12.7. The van der Waals surface area contributed by atoms with E-state index in [1.54, 1.807) is 0 Å². The Bertz CT molecular complexity index is 786. The van der Waals surface area contributed by atoms with E-state index >= 15 is 0 Å². The van der Waals surface area contributed by atoms with Crippen LogP contribution in [0.4, 0.5) is 0 Å². The number of aliphatic hydroxyl groups excluding tert-OH is 2. The van der Waals surface area contributed by atoms with Crippen LogP contribution >= 0.6 is 0 Å². The molecular formula is C28H43NO3. The summed E-state index contributed by atoms with van der Waals surface area (Å²) < 4.78 is 6.38. The first-order chi connectivity index (χ1) is 15.2. The van der Waals surface area contributed by atoms with Crippen LogP contribution < -0.4 is 0 Å². The molecule has 0 unspecified atom stereocenters. The van der Waals surface area contributed by atoms with Gasteiger partial charge < -0.3 is 14.9 Å². The van der Waals surface area contributed by atoms with Gasteiger partial charge in [0.2, 0.25) is 0 Å². The van der Waals surface area contributed by atoms with Gasteiger partial charge in [0, 0.05) is 12.3 Å². The van der Waals surface area contributed by atoms with Crippen LogP contribution in [-0.4, -0.2) is 47.4 Å². The molecule has 2 aliphatic rings. The van der Waals surface area contributed by atoms with Crippen LogP contribution in [0, 0.1) is 5.92 Å². The van der Waals surface area contributed by atoms with Crippen molar-refractivity contribution >= 4 is 5.71 Å². The van der Waals surface area contributed by atoms with Crippen molar-refractivity contribution in [1.82, 2.24) is 0 Å². The molecule has 2 N–H and O–H groups in total. The maximum Gasteiger partial charge on any atom is 0.0812 e. The minimum atomic E-state index is -0.486. The molecular weight excluding hydrogens is 398 g/mol. The van der Waals surface area contributed by atoms with E-state index in [2.05, 4.69) is 38.1 Å². The zero-order valence-corrected chi connectivity index (χ0v) is 20.6. The zero-order valence-electron chi connectivity index (χ0n) is 20.6. The maximum absolute atomic E-state index is 10.5. The van der Waals surface area contributed by atoms with Gasteiger partial charge in [-0.15, -0.1) is 0 Å². The predicted octanol–water partition coefficient (Wildman–Crippen LogP) is 5.88. The Morgan fingerprint density at radius 2 is 2.03 bits per heavy atom. The zero-order chi connectivity index (χ0) is 23.7. The number of rotatable bonds is 11. The molecule has 0 aromatic heterocycles. The van der Waals surface area contributed by atoms with Crippen LogP contribution in [0.25, 0.3) is 0 Å². The fourth-order valence-corrected chi connectivity index (χ4v) is 4.43. The molecule has 1 saturated heterocycles. The standard InChI is InChI=1S/C28H43NO3/c1-19(24(6)18-30)12-13-21(3)27(31)15-14-25-17-23(5)28(32-25)22(4)9-7-11-26-20(2)10-8-16-29-26/h9,12-13,23,25,27-28,30-31H,2,6-8,10-11,14-18H2,1,3-5H3/b19-12+,21-13+,22-9+/t23-,25-,27+,28+/m1/s1. The average molecular weight is 442 g/mol. The molecule has 0 bridgehead atoms. The van der Waals surface area contributed by atoms with Crippen molar-refractivity contribution in [1.29, 1.82) is 0 Å². The first-order valence-electron chi connectivity index (χ1n) is 12.1. The summed E-state index contributed by atoms with van der Waals surface area (Å²) >= 11 is 0. The van der Waals surface area contributed by atoms with E-state index in [0.717, 1.165) is 56.2 Å². The minimum absolute atomic E-state index is 0.0476. The van der Waals surface area contributed by atoms with Gasteiger partial charge in [0.05, 0.1) is 24.9 Å². The summed E-state index contributed by atoms with van der Waals surface area (Å²) in [4.78, 5) is 4.63. The van der Waals surface area contributed by atoms with Crippen LogP contribution in [0.1, 0.15) is 72.6 Å². The molecule has 32 heavy (non-hydrogen) atoms. The van der Waals surface area contributed by atoms with E-state index in [1.165, 1.54) is 16.9 Å². The van der Waals surface area contributed by atoms with Gasteiger partial charge in [-0.25, -0.2) is 0 Å².